The number of carboxylic acid groups (broad SMARTS) is 1. The van der Waals surface area contributed by atoms with E-state index in [9.17, 15) is 19.1 Å². The summed E-state index contributed by atoms with van der Waals surface area (Å²) in [5.41, 5.74) is 6.36. The molecule has 3 heterocycles. The van der Waals surface area contributed by atoms with E-state index in [1.54, 1.807) is 9.47 Å². The van der Waals surface area contributed by atoms with Gasteiger partial charge in [-0.05, 0) is 31.7 Å². The Morgan fingerprint density at radius 1 is 1.38 bits per heavy atom. The van der Waals surface area contributed by atoms with Gasteiger partial charge in [-0.3, -0.25) is 4.79 Å². The average Bonchev–Trinajstić information content (AvgIpc) is 3.55. The topological polar surface area (TPSA) is 106 Å². The van der Waals surface area contributed by atoms with Gasteiger partial charge in [0.05, 0.1) is 12.0 Å². The molecule has 0 bridgehead atoms. The van der Waals surface area contributed by atoms with E-state index in [0.29, 0.717) is 37.3 Å². The third-order valence-electron chi connectivity index (χ3n) is 5.51. The number of halogens is 1. The first-order valence-electron chi connectivity index (χ1n) is 9.46. The lowest BCUT2D eigenvalue weighted by molar-refractivity contribution is 0.0695. The first kappa shape index (κ1) is 19.1. The first-order chi connectivity index (χ1) is 13.9. The van der Waals surface area contributed by atoms with E-state index in [2.05, 4.69) is 9.83 Å². The third-order valence-corrected chi connectivity index (χ3v) is 5.51. The van der Waals surface area contributed by atoms with Gasteiger partial charge in [-0.1, -0.05) is 5.57 Å². The highest BCUT2D eigenvalue weighted by atomic mass is 19.1. The number of nitrogens with two attached hydrogens (primary N) is 1. The fourth-order valence-corrected chi connectivity index (χ4v) is 3.79. The minimum Gasteiger partial charge on any atom is -0.477 e. The van der Waals surface area contributed by atoms with Gasteiger partial charge in [0.15, 0.2) is 17.3 Å². The van der Waals surface area contributed by atoms with Crippen LogP contribution in [0.15, 0.2) is 28.3 Å². The van der Waals surface area contributed by atoms with E-state index < -0.39 is 17.2 Å². The van der Waals surface area contributed by atoms with E-state index in [-0.39, 0.29) is 29.4 Å². The largest absolute Gasteiger partial charge is 0.477 e. The van der Waals surface area contributed by atoms with Crippen LogP contribution < -0.4 is 16.1 Å². The number of piperidine rings is 1. The standard InChI is InChI=1S/C20H20FN5O3/c1-23-16(9-22)11-4-6-25(7-5-11)19-15(21)8-13-17(27)14(20(28)29)10-26(12-2-3-12)18(13)24-19/h8,10,12H,2-7,9,22H2,(H,28,29). The van der Waals surface area contributed by atoms with Crippen molar-refractivity contribution < 1.29 is 14.3 Å². The van der Waals surface area contributed by atoms with E-state index in [0.717, 1.165) is 24.5 Å². The van der Waals surface area contributed by atoms with Crippen molar-refractivity contribution in [3.05, 3.63) is 56.6 Å². The smallest absolute Gasteiger partial charge is 0.341 e. The van der Waals surface area contributed by atoms with Crippen LogP contribution in [0.5, 0.6) is 0 Å². The van der Waals surface area contributed by atoms with Gasteiger partial charge in [-0.2, -0.15) is 0 Å². The summed E-state index contributed by atoms with van der Waals surface area (Å²) in [6.45, 7) is 8.38. The van der Waals surface area contributed by atoms with Crippen molar-refractivity contribution in [3.63, 3.8) is 0 Å². The van der Waals surface area contributed by atoms with Crippen LogP contribution in [0.1, 0.15) is 42.1 Å². The fraction of sp³-hybridized carbons (Fsp3) is 0.400. The van der Waals surface area contributed by atoms with E-state index >= 15 is 0 Å². The Hall–Kier alpha value is -3.25. The highest BCUT2D eigenvalue weighted by molar-refractivity contribution is 5.92. The van der Waals surface area contributed by atoms with Crippen molar-refractivity contribution in [2.75, 3.05) is 24.5 Å². The van der Waals surface area contributed by atoms with Crippen LogP contribution in [-0.4, -0.2) is 40.3 Å². The van der Waals surface area contributed by atoms with E-state index in [4.69, 9.17) is 12.3 Å². The molecule has 0 unspecified atom stereocenters. The Labute approximate surface area is 165 Å². The number of carboxylic acids is 1. The summed E-state index contributed by atoms with van der Waals surface area (Å²) in [6.07, 6.45) is 4.24. The molecule has 2 fully saturated rings. The molecule has 0 radical (unpaired) electrons. The lowest BCUT2D eigenvalue weighted by atomic mass is 10.0. The Bertz CT molecular complexity index is 1130. The normalized spacial score (nSPS) is 16.7. The van der Waals surface area contributed by atoms with Crippen LogP contribution in [0.2, 0.25) is 0 Å². The van der Waals surface area contributed by atoms with Crippen LogP contribution in [0, 0.1) is 12.4 Å². The summed E-state index contributed by atoms with van der Waals surface area (Å²) in [7, 11) is 0. The molecule has 2 aliphatic rings. The van der Waals surface area contributed by atoms with Crippen molar-refractivity contribution in [2.45, 2.75) is 31.7 Å². The number of hydrogen-bond acceptors (Lipinski definition) is 5. The Morgan fingerprint density at radius 3 is 2.62 bits per heavy atom. The van der Waals surface area contributed by atoms with E-state index in [1.165, 1.54) is 6.20 Å². The van der Waals surface area contributed by atoms with Crippen molar-refractivity contribution >= 4 is 22.8 Å². The summed E-state index contributed by atoms with van der Waals surface area (Å²) >= 11 is 0. The highest BCUT2D eigenvalue weighted by Gasteiger charge is 2.29. The molecule has 4 rings (SSSR count). The molecule has 8 nitrogen and oxygen atoms in total. The molecule has 2 aromatic heterocycles. The maximum atomic E-state index is 14.9. The molecule has 0 aromatic carbocycles. The van der Waals surface area contributed by atoms with Gasteiger partial charge in [-0.25, -0.2) is 19.0 Å². The molecule has 3 N–H and O–H groups in total. The second-order valence-electron chi connectivity index (χ2n) is 7.33. The first-order valence-corrected chi connectivity index (χ1v) is 9.46. The van der Waals surface area contributed by atoms with Crippen molar-refractivity contribution in [1.82, 2.24) is 9.55 Å². The van der Waals surface area contributed by atoms with Gasteiger partial charge >= 0.3 is 5.97 Å². The molecule has 150 valence electrons. The lowest BCUT2D eigenvalue weighted by Gasteiger charge is -2.30. The molecule has 9 heteroatoms. The molecule has 0 spiro atoms. The molecule has 2 aromatic rings. The summed E-state index contributed by atoms with van der Waals surface area (Å²) < 4.78 is 16.6. The highest BCUT2D eigenvalue weighted by Crippen LogP contribution is 2.37. The number of rotatable bonds is 4. The predicted octanol–water partition coefficient (Wildman–Crippen LogP) is 2.30. The number of pyridine rings is 2. The number of carbonyl (C=O) groups is 1. The predicted molar refractivity (Wildman–Crippen MR) is 105 cm³/mol. The molecule has 1 aliphatic heterocycles. The Morgan fingerprint density at radius 2 is 2.07 bits per heavy atom. The average molecular weight is 397 g/mol. The number of aromatic carboxylic acids is 1. The van der Waals surface area contributed by atoms with Gasteiger partial charge in [0.25, 0.3) is 0 Å². The minimum atomic E-state index is -1.33. The summed E-state index contributed by atoms with van der Waals surface area (Å²) in [6, 6.07) is 1.17. The van der Waals surface area contributed by atoms with Gasteiger partial charge in [0, 0.05) is 31.9 Å². The molecular formula is C20H20FN5O3. The monoisotopic (exact) mass is 397 g/mol. The summed E-state index contributed by atoms with van der Waals surface area (Å²) in [5.74, 6) is -1.84. The second kappa shape index (κ2) is 7.29. The number of nitrogens with zero attached hydrogens (tertiary/aromatic N) is 4. The zero-order valence-corrected chi connectivity index (χ0v) is 15.7. The van der Waals surface area contributed by atoms with Gasteiger partial charge in [0.2, 0.25) is 5.43 Å². The van der Waals surface area contributed by atoms with Gasteiger partial charge in [-0.15, -0.1) is 0 Å². The molecule has 1 aliphatic carbocycles. The number of anilines is 1. The van der Waals surface area contributed by atoms with Crippen LogP contribution in [0.25, 0.3) is 15.9 Å². The molecule has 0 atom stereocenters. The Kier molecular flexibility index (Phi) is 4.80. The van der Waals surface area contributed by atoms with Crippen LogP contribution in [0.3, 0.4) is 0 Å². The number of hydrogen-bond donors (Lipinski definition) is 2. The summed E-state index contributed by atoms with van der Waals surface area (Å²) in [4.78, 5) is 33.7. The van der Waals surface area contributed by atoms with Crippen molar-refractivity contribution in [2.24, 2.45) is 5.73 Å². The maximum absolute atomic E-state index is 14.9. The van der Waals surface area contributed by atoms with E-state index in [1.807, 2.05) is 0 Å². The molecule has 1 saturated carbocycles. The molecular weight excluding hydrogens is 377 g/mol. The fourth-order valence-electron chi connectivity index (χ4n) is 3.79. The molecule has 1 saturated heterocycles. The van der Waals surface area contributed by atoms with Crippen LogP contribution in [-0.2, 0) is 0 Å². The lowest BCUT2D eigenvalue weighted by Crippen LogP contribution is -2.33. The minimum absolute atomic E-state index is 0.0194. The van der Waals surface area contributed by atoms with Crippen LogP contribution >= 0.6 is 0 Å². The SMILES string of the molecule is [C-]#[N+]C(CN)=C1CCN(c2nc3c(cc2F)c(=O)c(C(=O)O)cn3C2CC2)CC1. The van der Waals surface area contributed by atoms with Crippen molar-refractivity contribution in [3.8, 4) is 0 Å². The van der Waals surface area contributed by atoms with Crippen molar-refractivity contribution in [1.29, 1.82) is 0 Å². The van der Waals surface area contributed by atoms with Gasteiger partial charge in [0.1, 0.15) is 11.2 Å². The molecule has 0 amide bonds. The van der Waals surface area contributed by atoms with Crippen LogP contribution in [0.4, 0.5) is 10.2 Å². The summed E-state index contributed by atoms with van der Waals surface area (Å²) in [5, 5.41) is 9.30. The third kappa shape index (κ3) is 3.36. The maximum Gasteiger partial charge on any atom is 0.341 e. The number of aromatic nitrogens is 2. The molecule has 29 heavy (non-hydrogen) atoms. The second-order valence-corrected chi connectivity index (χ2v) is 7.33. The number of fused-ring (bicyclic) bond motifs is 1. The Balaban J connectivity index is 1.77. The quantitative estimate of drug-likeness (QED) is 0.767. The zero-order valence-electron chi connectivity index (χ0n) is 15.7. The zero-order chi connectivity index (χ0) is 20.7. The van der Waals surface area contributed by atoms with Gasteiger partial charge < -0.3 is 20.3 Å².